The monoisotopic (exact) mass is 173 g/mol. The van der Waals surface area contributed by atoms with Crippen molar-refractivity contribution in [3.8, 4) is 0 Å². The van der Waals surface area contributed by atoms with E-state index in [4.69, 9.17) is 0 Å². The molecule has 72 valence electrons. The van der Waals surface area contributed by atoms with Crippen molar-refractivity contribution in [3.63, 3.8) is 0 Å². The van der Waals surface area contributed by atoms with E-state index in [1.807, 2.05) is 27.7 Å². The van der Waals surface area contributed by atoms with Crippen LogP contribution < -0.4 is 5.32 Å². The van der Waals surface area contributed by atoms with Crippen LogP contribution in [0.3, 0.4) is 0 Å². The molecule has 0 saturated carbocycles. The Morgan fingerprint density at radius 2 is 2.00 bits per heavy atom. The van der Waals surface area contributed by atoms with Gasteiger partial charge in [-0.05, 0) is 12.0 Å². The summed E-state index contributed by atoms with van der Waals surface area (Å²) in [6, 6.07) is -0.215. The van der Waals surface area contributed by atoms with Crippen molar-refractivity contribution >= 4 is 5.97 Å². The largest absolute Gasteiger partial charge is 0.468 e. The van der Waals surface area contributed by atoms with Crippen LogP contribution in [0.2, 0.25) is 0 Å². The van der Waals surface area contributed by atoms with Crippen LogP contribution in [-0.4, -0.2) is 25.7 Å². The summed E-state index contributed by atoms with van der Waals surface area (Å²) < 4.78 is 4.69. The van der Waals surface area contributed by atoms with E-state index in [0.717, 1.165) is 6.54 Å². The molecule has 0 aromatic heterocycles. The molecule has 3 nitrogen and oxygen atoms in total. The van der Waals surface area contributed by atoms with Gasteiger partial charge >= 0.3 is 5.97 Å². The van der Waals surface area contributed by atoms with E-state index < -0.39 is 0 Å². The summed E-state index contributed by atoms with van der Waals surface area (Å²) in [6.45, 7) is 8.78. The van der Waals surface area contributed by atoms with Crippen LogP contribution in [0, 0.1) is 5.41 Å². The zero-order chi connectivity index (χ0) is 9.78. The smallest absolute Gasteiger partial charge is 0.323 e. The Morgan fingerprint density at radius 3 is 2.25 bits per heavy atom. The van der Waals surface area contributed by atoms with Crippen molar-refractivity contribution in [1.29, 1.82) is 0 Å². The lowest BCUT2D eigenvalue weighted by Gasteiger charge is -2.28. The van der Waals surface area contributed by atoms with Gasteiger partial charge in [-0.3, -0.25) is 4.79 Å². The molecule has 0 unspecified atom stereocenters. The molecular weight excluding hydrogens is 154 g/mol. The van der Waals surface area contributed by atoms with E-state index in [-0.39, 0.29) is 17.4 Å². The lowest BCUT2D eigenvalue weighted by Crippen LogP contribution is -2.46. The van der Waals surface area contributed by atoms with Gasteiger partial charge in [0.2, 0.25) is 0 Å². The van der Waals surface area contributed by atoms with Crippen molar-refractivity contribution in [2.24, 2.45) is 5.41 Å². The molecule has 0 aromatic rings. The van der Waals surface area contributed by atoms with E-state index in [9.17, 15) is 4.79 Å². The molecular formula is C9H19NO2. The average molecular weight is 173 g/mol. The fourth-order valence-corrected chi connectivity index (χ4v) is 1.07. The molecule has 1 atom stereocenters. The Labute approximate surface area is 74.5 Å². The van der Waals surface area contributed by atoms with E-state index in [2.05, 4.69) is 10.1 Å². The average Bonchev–Trinajstić information content (AvgIpc) is 1.96. The number of carbonyl (C=O) groups excluding carboxylic acids is 1. The first-order chi connectivity index (χ1) is 5.43. The molecule has 0 bridgehead atoms. The summed E-state index contributed by atoms with van der Waals surface area (Å²) >= 11 is 0. The number of hydrogen-bond donors (Lipinski definition) is 1. The Hall–Kier alpha value is -0.570. The molecule has 12 heavy (non-hydrogen) atoms. The van der Waals surface area contributed by atoms with Crippen LogP contribution in [0.4, 0.5) is 0 Å². The van der Waals surface area contributed by atoms with Crippen LogP contribution in [0.1, 0.15) is 27.7 Å². The summed E-state index contributed by atoms with van der Waals surface area (Å²) in [4.78, 5) is 11.3. The Kier molecular flexibility index (Phi) is 4.24. The topological polar surface area (TPSA) is 38.3 Å². The van der Waals surface area contributed by atoms with Gasteiger partial charge in [-0.15, -0.1) is 0 Å². The third-order valence-electron chi connectivity index (χ3n) is 1.71. The molecule has 1 N–H and O–H groups in total. The fraction of sp³-hybridized carbons (Fsp3) is 0.889. The van der Waals surface area contributed by atoms with Gasteiger partial charge in [0.1, 0.15) is 6.04 Å². The van der Waals surface area contributed by atoms with Crippen molar-refractivity contribution in [3.05, 3.63) is 0 Å². The lowest BCUT2D eigenvalue weighted by atomic mass is 9.87. The highest BCUT2D eigenvalue weighted by molar-refractivity contribution is 5.76. The maximum absolute atomic E-state index is 11.3. The van der Waals surface area contributed by atoms with Crippen LogP contribution in [0.15, 0.2) is 0 Å². The first-order valence-corrected chi connectivity index (χ1v) is 4.24. The van der Waals surface area contributed by atoms with Crippen LogP contribution in [-0.2, 0) is 9.53 Å². The molecule has 0 amide bonds. The maximum atomic E-state index is 11.3. The van der Waals surface area contributed by atoms with Gasteiger partial charge in [0, 0.05) is 0 Å². The van der Waals surface area contributed by atoms with Gasteiger partial charge < -0.3 is 10.1 Å². The number of rotatable bonds is 3. The molecule has 0 aliphatic rings. The summed E-state index contributed by atoms with van der Waals surface area (Å²) in [5.74, 6) is -0.190. The van der Waals surface area contributed by atoms with Gasteiger partial charge in [0.05, 0.1) is 7.11 Å². The van der Waals surface area contributed by atoms with Crippen molar-refractivity contribution < 1.29 is 9.53 Å². The first-order valence-electron chi connectivity index (χ1n) is 4.24. The van der Waals surface area contributed by atoms with Crippen molar-refractivity contribution in [2.45, 2.75) is 33.7 Å². The van der Waals surface area contributed by atoms with Crippen LogP contribution in [0.25, 0.3) is 0 Å². The quantitative estimate of drug-likeness (QED) is 0.651. The van der Waals surface area contributed by atoms with E-state index >= 15 is 0 Å². The van der Waals surface area contributed by atoms with E-state index in [0.29, 0.717) is 0 Å². The highest BCUT2D eigenvalue weighted by Gasteiger charge is 2.30. The highest BCUT2D eigenvalue weighted by atomic mass is 16.5. The standard InChI is InChI=1S/C9H19NO2/c1-6-10-7(8(11)12-5)9(2,3)4/h7,10H,6H2,1-5H3/t7-/m1/s1. The van der Waals surface area contributed by atoms with Crippen LogP contribution >= 0.6 is 0 Å². The zero-order valence-corrected chi connectivity index (χ0v) is 8.60. The van der Waals surface area contributed by atoms with E-state index in [1.54, 1.807) is 0 Å². The van der Waals surface area contributed by atoms with Crippen molar-refractivity contribution in [1.82, 2.24) is 5.32 Å². The summed E-state index contributed by atoms with van der Waals surface area (Å²) in [5, 5.41) is 3.10. The number of methoxy groups -OCH3 is 1. The number of carbonyl (C=O) groups is 1. The second kappa shape index (κ2) is 4.45. The van der Waals surface area contributed by atoms with Gasteiger partial charge in [-0.25, -0.2) is 0 Å². The summed E-state index contributed by atoms with van der Waals surface area (Å²) in [5.41, 5.74) is -0.0941. The molecule has 0 fully saturated rings. The first kappa shape index (κ1) is 11.4. The minimum atomic E-state index is -0.215. The van der Waals surface area contributed by atoms with Gasteiger partial charge in [-0.2, -0.15) is 0 Å². The molecule has 0 spiro atoms. The number of nitrogens with one attached hydrogen (secondary N) is 1. The van der Waals surface area contributed by atoms with E-state index in [1.165, 1.54) is 7.11 Å². The SMILES string of the molecule is CCN[C@H](C(=O)OC)C(C)(C)C. The Balaban J connectivity index is 4.33. The van der Waals surface area contributed by atoms with Gasteiger partial charge in [-0.1, -0.05) is 27.7 Å². The molecule has 0 rings (SSSR count). The molecule has 0 radical (unpaired) electrons. The molecule has 0 aliphatic carbocycles. The normalized spacial score (nSPS) is 14.1. The Morgan fingerprint density at radius 1 is 1.50 bits per heavy atom. The fourth-order valence-electron chi connectivity index (χ4n) is 1.07. The van der Waals surface area contributed by atoms with Gasteiger partial charge in [0.15, 0.2) is 0 Å². The second-order valence-corrected chi connectivity index (χ2v) is 3.88. The van der Waals surface area contributed by atoms with Gasteiger partial charge in [0.25, 0.3) is 0 Å². The summed E-state index contributed by atoms with van der Waals surface area (Å²) in [7, 11) is 1.42. The number of likely N-dealkylation sites (N-methyl/N-ethyl adjacent to an activating group) is 1. The Bertz CT molecular complexity index is 149. The molecule has 0 aromatic carbocycles. The minimum absolute atomic E-state index is 0.0941. The predicted molar refractivity (Wildman–Crippen MR) is 48.9 cm³/mol. The lowest BCUT2D eigenvalue weighted by molar-refractivity contribution is -0.146. The predicted octanol–water partition coefficient (Wildman–Crippen LogP) is 1.18. The maximum Gasteiger partial charge on any atom is 0.323 e. The number of esters is 1. The third-order valence-corrected chi connectivity index (χ3v) is 1.71. The molecule has 3 heteroatoms. The third kappa shape index (κ3) is 3.22. The zero-order valence-electron chi connectivity index (χ0n) is 8.60. The second-order valence-electron chi connectivity index (χ2n) is 3.88. The molecule has 0 saturated heterocycles. The minimum Gasteiger partial charge on any atom is -0.468 e. The number of ether oxygens (including phenoxy) is 1. The number of hydrogen-bond acceptors (Lipinski definition) is 3. The van der Waals surface area contributed by atoms with Crippen LogP contribution in [0.5, 0.6) is 0 Å². The summed E-state index contributed by atoms with van der Waals surface area (Å²) in [6.07, 6.45) is 0. The molecule has 0 heterocycles. The van der Waals surface area contributed by atoms with Crippen molar-refractivity contribution in [2.75, 3.05) is 13.7 Å². The highest BCUT2D eigenvalue weighted by Crippen LogP contribution is 2.19. The molecule has 0 aliphatic heterocycles.